The molecule has 0 amide bonds. The van der Waals surface area contributed by atoms with Gasteiger partial charge in [0.15, 0.2) is 0 Å². The number of benzene rings is 1. The topological polar surface area (TPSA) is 38.0 Å². The number of halogens is 1. The highest BCUT2D eigenvalue weighted by molar-refractivity contribution is 9.10. The smallest absolute Gasteiger partial charge is 0.105 e. The third kappa shape index (κ3) is 4.85. The fraction of sp³-hybridized carbons (Fsp3) is 0.417. The average Bonchev–Trinajstić information content (AvgIpc) is 2.26. The molecule has 0 aliphatic carbocycles. The largest absolute Gasteiger partial charge is 0.389 e. The van der Waals surface area contributed by atoms with E-state index in [1.165, 1.54) is 5.75 Å². The SMILES string of the molecule is CSCC(C)CNc1ccc(C(N)=S)c(Br)c1. The van der Waals surface area contributed by atoms with Gasteiger partial charge in [-0.25, -0.2) is 0 Å². The fourth-order valence-corrected chi connectivity index (χ4v) is 3.05. The van der Waals surface area contributed by atoms with Crippen LogP contribution in [0.4, 0.5) is 5.69 Å². The first kappa shape index (κ1) is 14.8. The quantitative estimate of drug-likeness (QED) is 0.782. The number of thioether (sulfide) groups is 1. The summed E-state index contributed by atoms with van der Waals surface area (Å²) in [6, 6.07) is 5.96. The molecule has 17 heavy (non-hydrogen) atoms. The maximum atomic E-state index is 5.60. The number of anilines is 1. The van der Waals surface area contributed by atoms with E-state index in [-0.39, 0.29) is 0 Å². The molecule has 0 bridgehead atoms. The van der Waals surface area contributed by atoms with Crippen molar-refractivity contribution in [3.63, 3.8) is 0 Å². The Labute approximate surface area is 121 Å². The molecular weight excluding hydrogens is 316 g/mol. The van der Waals surface area contributed by atoms with Crippen molar-refractivity contribution in [1.82, 2.24) is 0 Å². The lowest BCUT2D eigenvalue weighted by Gasteiger charge is -2.13. The summed E-state index contributed by atoms with van der Waals surface area (Å²) in [4.78, 5) is 0.416. The van der Waals surface area contributed by atoms with Gasteiger partial charge in [-0.2, -0.15) is 11.8 Å². The summed E-state index contributed by atoms with van der Waals surface area (Å²) in [7, 11) is 0. The summed E-state index contributed by atoms with van der Waals surface area (Å²) in [5, 5.41) is 3.41. The van der Waals surface area contributed by atoms with Gasteiger partial charge in [-0.1, -0.05) is 19.1 Å². The second-order valence-corrected chi connectivity index (χ2v) is 6.21. The number of hydrogen-bond acceptors (Lipinski definition) is 3. The van der Waals surface area contributed by atoms with Gasteiger partial charge in [0, 0.05) is 22.3 Å². The Morgan fingerprint density at radius 3 is 2.82 bits per heavy atom. The van der Waals surface area contributed by atoms with Crippen molar-refractivity contribution in [2.24, 2.45) is 11.7 Å². The molecule has 1 atom stereocenters. The lowest BCUT2D eigenvalue weighted by Crippen LogP contribution is -2.14. The van der Waals surface area contributed by atoms with E-state index >= 15 is 0 Å². The van der Waals surface area contributed by atoms with Gasteiger partial charge in [-0.05, 0) is 52.1 Å². The molecule has 0 aliphatic heterocycles. The molecule has 0 fully saturated rings. The zero-order valence-electron chi connectivity index (χ0n) is 10.00. The molecule has 1 aromatic rings. The minimum atomic E-state index is 0.416. The highest BCUT2D eigenvalue weighted by atomic mass is 79.9. The van der Waals surface area contributed by atoms with Crippen molar-refractivity contribution in [2.45, 2.75) is 6.92 Å². The molecular formula is C12H17BrN2S2. The number of rotatable bonds is 6. The molecule has 0 saturated heterocycles. The van der Waals surface area contributed by atoms with Gasteiger partial charge in [0.25, 0.3) is 0 Å². The van der Waals surface area contributed by atoms with Gasteiger partial charge in [0.05, 0.1) is 0 Å². The van der Waals surface area contributed by atoms with E-state index in [2.05, 4.69) is 34.4 Å². The molecule has 1 rings (SSSR count). The number of nitrogens with one attached hydrogen (secondary N) is 1. The first-order valence-electron chi connectivity index (χ1n) is 5.36. The van der Waals surface area contributed by atoms with E-state index in [9.17, 15) is 0 Å². The lowest BCUT2D eigenvalue weighted by molar-refractivity contribution is 0.701. The van der Waals surface area contributed by atoms with E-state index in [0.29, 0.717) is 10.9 Å². The Kier molecular flexibility index (Phi) is 6.30. The highest BCUT2D eigenvalue weighted by Gasteiger charge is 2.05. The molecule has 0 heterocycles. The monoisotopic (exact) mass is 332 g/mol. The third-order valence-electron chi connectivity index (χ3n) is 2.34. The predicted octanol–water partition coefficient (Wildman–Crippen LogP) is 3.49. The molecule has 1 unspecified atom stereocenters. The average molecular weight is 333 g/mol. The van der Waals surface area contributed by atoms with Crippen LogP contribution in [0.1, 0.15) is 12.5 Å². The van der Waals surface area contributed by atoms with Crippen LogP contribution in [-0.2, 0) is 0 Å². The Bertz CT molecular complexity index is 396. The van der Waals surface area contributed by atoms with Crippen LogP contribution in [0.3, 0.4) is 0 Å². The summed E-state index contributed by atoms with van der Waals surface area (Å²) >= 11 is 10.3. The summed E-state index contributed by atoms with van der Waals surface area (Å²) in [5.74, 6) is 1.82. The van der Waals surface area contributed by atoms with Crippen molar-refractivity contribution in [3.05, 3.63) is 28.2 Å². The number of nitrogens with two attached hydrogens (primary N) is 1. The summed E-state index contributed by atoms with van der Waals surface area (Å²) < 4.78 is 0.938. The van der Waals surface area contributed by atoms with Gasteiger partial charge >= 0.3 is 0 Å². The Hall–Kier alpha value is -0.260. The van der Waals surface area contributed by atoms with Gasteiger partial charge in [-0.3, -0.25) is 0 Å². The Balaban J connectivity index is 2.62. The van der Waals surface area contributed by atoms with E-state index in [4.69, 9.17) is 18.0 Å². The van der Waals surface area contributed by atoms with Crippen molar-refractivity contribution in [2.75, 3.05) is 23.9 Å². The van der Waals surface area contributed by atoms with Gasteiger partial charge in [0.2, 0.25) is 0 Å². The van der Waals surface area contributed by atoms with Crippen LogP contribution in [0.15, 0.2) is 22.7 Å². The Morgan fingerprint density at radius 1 is 1.59 bits per heavy atom. The molecule has 0 aliphatic rings. The molecule has 94 valence electrons. The van der Waals surface area contributed by atoms with Crippen LogP contribution < -0.4 is 11.1 Å². The first-order chi connectivity index (χ1) is 8.04. The van der Waals surface area contributed by atoms with Crippen molar-refractivity contribution in [3.8, 4) is 0 Å². The molecule has 0 spiro atoms. The lowest BCUT2D eigenvalue weighted by atomic mass is 10.2. The molecule has 0 radical (unpaired) electrons. The molecule has 5 heteroatoms. The van der Waals surface area contributed by atoms with Crippen molar-refractivity contribution in [1.29, 1.82) is 0 Å². The van der Waals surface area contributed by atoms with Crippen LogP contribution in [0.5, 0.6) is 0 Å². The molecule has 0 aromatic heterocycles. The number of hydrogen-bond donors (Lipinski definition) is 2. The Morgan fingerprint density at radius 2 is 2.29 bits per heavy atom. The minimum absolute atomic E-state index is 0.416. The van der Waals surface area contributed by atoms with Crippen LogP contribution in [-0.4, -0.2) is 23.5 Å². The maximum Gasteiger partial charge on any atom is 0.105 e. The van der Waals surface area contributed by atoms with E-state index in [0.717, 1.165) is 22.3 Å². The van der Waals surface area contributed by atoms with Gasteiger partial charge in [0.1, 0.15) is 4.99 Å². The standard InChI is InChI=1S/C12H17BrN2S2/c1-8(7-17-2)6-15-9-3-4-10(12(14)16)11(13)5-9/h3-5,8,15H,6-7H2,1-2H3,(H2,14,16). The predicted molar refractivity (Wildman–Crippen MR) is 86.1 cm³/mol. The maximum absolute atomic E-state index is 5.60. The van der Waals surface area contributed by atoms with Crippen LogP contribution in [0.2, 0.25) is 0 Å². The molecule has 2 nitrogen and oxygen atoms in total. The van der Waals surface area contributed by atoms with E-state index < -0.39 is 0 Å². The van der Waals surface area contributed by atoms with Crippen LogP contribution >= 0.6 is 39.9 Å². The minimum Gasteiger partial charge on any atom is -0.389 e. The third-order valence-corrected chi connectivity index (χ3v) is 4.12. The number of thiocarbonyl (C=S) groups is 1. The molecule has 1 aromatic carbocycles. The summed E-state index contributed by atoms with van der Waals surface area (Å²) in [6.07, 6.45) is 2.13. The second-order valence-electron chi connectivity index (χ2n) is 4.00. The van der Waals surface area contributed by atoms with Gasteiger partial charge in [-0.15, -0.1) is 0 Å². The van der Waals surface area contributed by atoms with Crippen molar-refractivity contribution < 1.29 is 0 Å². The second kappa shape index (κ2) is 7.24. The van der Waals surface area contributed by atoms with Crippen molar-refractivity contribution >= 4 is 50.6 Å². The highest BCUT2D eigenvalue weighted by Crippen LogP contribution is 2.21. The summed E-state index contributed by atoms with van der Waals surface area (Å²) in [5.41, 5.74) is 7.57. The molecule has 3 N–H and O–H groups in total. The normalized spacial score (nSPS) is 12.2. The fourth-order valence-electron chi connectivity index (χ4n) is 1.46. The summed E-state index contributed by atoms with van der Waals surface area (Å²) in [6.45, 7) is 3.21. The zero-order chi connectivity index (χ0) is 12.8. The van der Waals surface area contributed by atoms with Gasteiger partial charge < -0.3 is 11.1 Å². The van der Waals surface area contributed by atoms with E-state index in [1.807, 2.05) is 30.0 Å². The van der Waals surface area contributed by atoms with Crippen LogP contribution in [0.25, 0.3) is 0 Å². The zero-order valence-corrected chi connectivity index (χ0v) is 13.2. The van der Waals surface area contributed by atoms with Crippen LogP contribution in [0, 0.1) is 5.92 Å². The van der Waals surface area contributed by atoms with E-state index in [1.54, 1.807) is 0 Å². The first-order valence-corrected chi connectivity index (χ1v) is 7.96. The molecule has 0 saturated carbocycles.